The largest absolute Gasteiger partial charge is 0.303 e. The molecule has 0 bridgehead atoms. The second-order valence-electron chi connectivity index (χ2n) is 2.72. The van der Waals surface area contributed by atoms with Crippen LogP contribution in [0.4, 0.5) is 0 Å². The van der Waals surface area contributed by atoms with E-state index >= 15 is 0 Å². The van der Waals surface area contributed by atoms with Crippen LogP contribution in [0.25, 0.3) is 0 Å². The molecule has 0 radical (unpaired) electrons. The standard InChI is InChI=1S/C8H12O/c1-7-4-2-3-5-8(7)6-9/h2-3,6-8H,4-5H2,1H3/t7-,8-/m1/s1. The quantitative estimate of drug-likeness (QED) is 0.384. The van der Waals surface area contributed by atoms with Crippen LogP contribution in [0, 0.1) is 11.8 Å². The predicted molar refractivity (Wildman–Crippen MR) is 37.1 cm³/mol. The molecule has 0 aliphatic heterocycles. The molecule has 9 heavy (non-hydrogen) atoms. The van der Waals surface area contributed by atoms with Gasteiger partial charge in [-0.05, 0) is 18.8 Å². The minimum absolute atomic E-state index is 0.287. The number of carbonyl (C=O) groups is 1. The van der Waals surface area contributed by atoms with Gasteiger partial charge in [0.15, 0.2) is 0 Å². The maximum atomic E-state index is 10.3. The van der Waals surface area contributed by atoms with Gasteiger partial charge in [0.1, 0.15) is 6.29 Å². The average Bonchev–Trinajstić information content (AvgIpc) is 1.89. The molecule has 0 N–H and O–H groups in total. The van der Waals surface area contributed by atoms with E-state index in [9.17, 15) is 4.79 Å². The fourth-order valence-electron chi connectivity index (χ4n) is 1.16. The van der Waals surface area contributed by atoms with Gasteiger partial charge in [-0.15, -0.1) is 0 Å². The van der Waals surface area contributed by atoms with E-state index in [1.165, 1.54) is 0 Å². The first kappa shape index (κ1) is 6.53. The maximum absolute atomic E-state index is 10.3. The number of rotatable bonds is 1. The lowest BCUT2D eigenvalue weighted by atomic mass is 9.86. The van der Waals surface area contributed by atoms with Crippen LogP contribution in [0.15, 0.2) is 12.2 Å². The Hall–Kier alpha value is -0.590. The van der Waals surface area contributed by atoms with Crippen LogP contribution >= 0.6 is 0 Å². The normalized spacial score (nSPS) is 34.3. The Kier molecular flexibility index (Phi) is 2.04. The summed E-state index contributed by atoms with van der Waals surface area (Å²) >= 11 is 0. The van der Waals surface area contributed by atoms with Crippen LogP contribution in [-0.2, 0) is 4.79 Å². The summed E-state index contributed by atoms with van der Waals surface area (Å²) in [6.45, 7) is 2.13. The lowest BCUT2D eigenvalue weighted by Gasteiger charge is -2.18. The van der Waals surface area contributed by atoms with E-state index in [1.807, 2.05) is 0 Å². The molecule has 1 nitrogen and oxygen atoms in total. The highest BCUT2D eigenvalue weighted by molar-refractivity contribution is 5.54. The van der Waals surface area contributed by atoms with Gasteiger partial charge in [-0.1, -0.05) is 19.1 Å². The van der Waals surface area contributed by atoms with Crippen molar-refractivity contribution in [2.24, 2.45) is 11.8 Å². The minimum Gasteiger partial charge on any atom is -0.303 e. The third-order valence-corrected chi connectivity index (χ3v) is 1.99. The number of aldehydes is 1. The van der Waals surface area contributed by atoms with Crippen molar-refractivity contribution in [1.29, 1.82) is 0 Å². The van der Waals surface area contributed by atoms with Gasteiger partial charge in [-0.2, -0.15) is 0 Å². The Morgan fingerprint density at radius 1 is 1.44 bits per heavy atom. The zero-order valence-electron chi connectivity index (χ0n) is 5.71. The summed E-state index contributed by atoms with van der Waals surface area (Å²) in [6, 6.07) is 0. The van der Waals surface area contributed by atoms with Gasteiger partial charge >= 0.3 is 0 Å². The average molecular weight is 124 g/mol. The van der Waals surface area contributed by atoms with Crippen molar-refractivity contribution in [2.75, 3.05) is 0 Å². The SMILES string of the molecule is C[C@@H]1CC=CC[C@@H]1C=O. The van der Waals surface area contributed by atoms with E-state index in [1.54, 1.807) is 0 Å². The predicted octanol–water partition coefficient (Wildman–Crippen LogP) is 1.79. The van der Waals surface area contributed by atoms with E-state index < -0.39 is 0 Å². The first-order chi connectivity index (χ1) is 4.34. The van der Waals surface area contributed by atoms with Gasteiger partial charge in [0, 0.05) is 5.92 Å². The molecular formula is C8H12O. The van der Waals surface area contributed by atoms with Gasteiger partial charge in [0.25, 0.3) is 0 Å². The van der Waals surface area contributed by atoms with E-state index in [4.69, 9.17) is 0 Å². The molecule has 0 aromatic heterocycles. The molecule has 1 rings (SSSR count). The fraction of sp³-hybridized carbons (Fsp3) is 0.625. The zero-order chi connectivity index (χ0) is 6.69. The number of carbonyl (C=O) groups excluding carboxylic acids is 1. The zero-order valence-corrected chi connectivity index (χ0v) is 5.71. The van der Waals surface area contributed by atoms with Gasteiger partial charge in [-0.25, -0.2) is 0 Å². The molecule has 0 spiro atoms. The van der Waals surface area contributed by atoms with Crippen molar-refractivity contribution < 1.29 is 4.79 Å². The summed E-state index contributed by atoms with van der Waals surface area (Å²) in [5, 5.41) is 0. The van der Waals surface area contributed by atoms with Crippen molar-refractivity contribution in [3.05, 3.63) is 12.2 Å². The molecule has 0 saturated carbocycles. The van der Waals surface area contributed by atoms with Crippen molar-refractivity contribution in [1.82, 2.24) is 0 Å². The highest BCUT2D eigenvalue weighted by atomic mass is 16.1. The molecular weight excluding hydrogens is 112 g/mol. The van der Waals surface area contributed by atoms with Crippen LogP contribution in [0.1, 0.15) is 19.8 Å². The third kappa shape index (κ3) is 1.41. The Morgan fingerprint density at radius 3 is 2.56 bits per heavy atom. The van der Waals surface area contributed by atoms with Crippen LogP contribution in [0.2, 0.25) is 0 Å². The third-order valence-electron chi connectivity index (χ3n) is 1.99. The summed E-state index contributed by atoms with van der Waals surface area (Å²) < 4.78 is 0. The smallest absolute Gasteiger partial charge is 0.123 e. The molecule has 0 aromatic carbocycles. The molecule has 2 atom stereocenters. The highest BCUT2D eigenvalue weighted by Gasteiger charge is 2.16. The van der Waals surface area contributed by atoms with Crippen LogP contribution in [0.5, 0.6) is 0 Å². The Bertz CT molecular complexity index is 127. The first-order valence-electron chi connectivity index (χ1n) is 3.45. The van der Waals surface area contributed by atoms with E-state index in [0.717, 1.165) is 19.1 Å². The summed E-state index contributed by atoms with van der Waals surface area (Å²) in [4.78, 5) is 10.3. The molecule has 0 fully saturated rings. The second kappa shape index (κ2) is 2.81. The van der Waals surface area contributed by atoms with Gasteiger partial charge in [-0.3, -0.25) is 0 Å². The maximum Gasteiger partial charge on any atom is 0.123 e. The number of hydrogen-bond donors (Lipinski definition) is 0. The molecule has 1 aliphatic rings. The molecule has 0 heterocycles. The number of hydrogen-bond acceptors (Lipinski definition) is 1. The molecule has 50 valence electrons. The molecule has 0 saturated heterocycles. The Labute approximate surface area is 55.8 Å². The first-order valence-corrected chi connectivity index (χ1v) is 3.45. The van der Waals surface area contributed by atoms with Gasteiger partial charge < -0.3 is 4.79 Å². The van der Waals surface area contributed by atoms with Gasteiger partial charge in [0.2, 0.25) is 0 Å². The Balaban J connectivity index is 2.52. The molecule has 0 aromatic rings. The van der Waals surface area contributed by atoms with Gasteiger partial charge in [0.05, 0.1) is 0 Å². The topological polar surface area (TPSA) is 17.1 Å². The molecule has 1 aliphatic carbocycles. The van der Waals surface area contributed by atoms with E-state index in [0.29, 0.717) is 5.92 Å². The van der Waals surface area contributed by atoms with E-state index in [2.05, 4.69) is 19.1 Å². The van der Waals surface area contributed by atoms with Crippen molar-refractivity contribution in [2.45, 2.75) is 19.8 Å². The highest BCUT2D eigenvalue weighted by Crippen LogP contribution is 2.22. The molecule has 0 unspecified atom stereocenters. The van der Waals surface area contributed by atoms with Crippen molar-refractivity contribution >= 4 is 6.29 Å². The number of allylic oxidation sites excluding steroid dienone is 2. The lowest BCUT2D eigenvalue weighted by Crippen LogP contribution is -2.14. The van der Waals surface area contributed by atoms with Crippen molar-refractivity contribution in [3.63, 3.8) is 0 Å². The lowest BCUT2D eigenvalue weighted by molar-refractivity contribution is -0.112. The minimum atomic E-state index is 0.287. The summed E-state index contributed by atoms with van der Waals surface area (Å²) in [6.07, 6.45) is 7.35. The van der Waals surface area contributed by atoms with Crippen LogP contribution < -0.4 is 0 Å². The summed E-state index contributed by atoms with van der Waals surface area (Å²) in [5.74, 6) is 0.850. The van der Waals surface area contributed by atoms with Crippen LogP contribution in [-0.4, -0.2) is 6.29 Å². The van der Waals surface area contributed by atoms with E-state index in [-0.39, 0.29) is 5.92 Å². The monoisotopic (exact) mass is 124 g/mol. The summed E-state index contributed by atoms with van der Waals surface area (Å²) in [5.41, 5.74) is 0. The molecule has 0 amide bonds. The van der Waals surface area contributed by atoms with Crippen LogP contribution in [0.3, 0.4) is 0 Å². The van der Waals surface area contributed by atoms with Crippen molar-refractivity contribution in [3.8, 4) is 0 Å². The second-order valence-corrected chi connectivity index (χ2v) is 2.72. The fourth-order valence-corrected chi connectivity index (χ4v) is 1.16. The molecule has 1 heteroatoms. The Morgan fingerprint density at radius 2 is 2.11 bits per heavy atom. The summed E-state index contributed by atoms with van der Waals surface area (Å²) in [7, 11) is 0.